The molecule has 0 aliphatic rings. The summed E-state index contributed by atoms with van der Waals surface area (Å²) in [4.78, 5) is 24.8. The van der Waals surface area contributed by atoms with Gasteiger partial charge in [0.25, 0.3) is 0 Å². The molecule has 0 unspecified atom stereocenters. The van der Waals surface area contributed by atoms with Gasteiger partial charge in [-0.25, -0.2) is 9.18 Å². The lowest BCUT2D eigenvalue weighted by atomic mass is 10.0. The molecule has 0 saturated carbocycles. The molecule has 0 aromatic heterocycles. The van der Waals surface area contributed by atoms with Gasteiger partial charge in [-0.15, -0.1) is 0 Å². The van der Waals surface area contributed by atoms with Crippen molar-refractivity contribution in [3.8, 4) is 11.5 Å². The number of ketones is 1. The molecule has 3 aromatic carbocycles. The number of rotatable bonds is 21. The van der Waals surface area contributed by atoms with Crippen LogP contribution < -0.4 is 9.47 Å². The summed E-state index contributed by atoms with van der Waals surface area (Å²) in [6, 6.07) is 19.3. The topological polar surface area (TPSA) is 52.6 Å². The first-order valence-electron chi connectivity index (χ1n) is 16.1. The van der Waals surface area contributed by atoms with Crippen LogP contribution in [0.5, 0.6) is 11.5 Å². The molecule has 43 heavy (non-hydrogen) atoms. The standard InChI is InChI=1S/C38H47FO4/c1-2-3-4-5-6-7-8-9-10-11-12-13-14-15-30-42-35-27-21-33(22-28-35)38(41)43-36-25-16-31(17-26-36)18-29-37(40)32-19-23-34(39)24-20-32/h16-29H,2-15,30H2,1H3/b29-18+. The van der Waals surface area contributed by atoms with Crippen molar-refractivity contribution in [2.45, 2.75) is 96.8 Å². The highest BCUT2D eigenvalue weighted by Gasteiger charge is 2.09. The van der Waals surface area contributed by atoms with Crippen molar-refractivity contribution >= 4 is 17.8 Å². The van der Waals surface area contributed by atoms with Crippen LogP contribution in [0.1, 0.15) is 123 Å². The molecular formula is C38H47FO4. The van der Waals surface area contributed by atoms with E-state index in [9.17, 15) is 14.0 Å². The van der Waals surface area contributed by atoms with Gasteiger partial charge in [0.05, 0.1) is 12.2 Å². The molecule has 0 atom stereocenters. The first-order valence-corrected chi connectivity index (χ1v) is 16.1. The molecule has 230 valence electrons. The Bertz CT molecular complexity index is 1230. The predicted octanol–water partition coefficient (Wildman–Crippen LogP) is 10.8. The van der Waals surface area contributed by atoms with Crippen LogP contribution in [0, 0.1) is 5.82 Å². The monoisotopic (exact) mass is 586 g/mol. The van der Waals surface area contributed by atoms with Crippen molar-refractivity contribution in [3.05, 3.63) is 101 Å². The zero-order valence-electron chi connectivity index (χ0n) is 25.7. The Morgan fingerprint density at radius 1 is 0.605 bits per heavy atom. The highest BCUT2D eigenvalue weighted by Crippen LogP contribution is 2.19. The van der Waals surface area contributed by atoms with Crippen molar-refractivity contribution in [3.63, 3.8) is 0 Å². The predicted molar refractivity (Wildman–Crippen MR) is 173 cm³/mol. The van der Waals surface area contributed by atoms with E-state index in [-0.39, 0.29) is 11.6 Å². The molecule has 0 N–H and O–H groups in total. The molecular weight excluding hydrogens is 539 g/mol. The van der Waals surface area contributed by atoms with Gasteiger partial charge in [-0.2, -0.15) is 0 Å². The van der Waals surface area contributed by atoms with E-state index < -0.39 is 5.97 Å². The Labute approximate surface area is 257 Å². The van der Waals surface area contributed by atoms with Gasteiger partial charge in [0, 0.05) is 5.56 Å². The third-order valence-corrected chi connectivity index (χ3v) is 7.50. The second-order valence-electron chi connectivity index (χ2n) is 11.1. The lowest BCUT2D eigenvalue weighted by Gasteiger charge is -2.08. The second kappa shape index (κ2) is 20.2. The maximum Gasteiger partial charge on any atom is 0.343 e. The van der Waals surface area contributed by atoms with Crippen LogP contribution in [-0.2, 0) is 0 Å². The van der Waals surface area contributed by atoms with Gasteiger partial charge < -0.3 is 9.47 Å². The average molecular weight is 587 g/mol. The molecule has 5 heteroatoms. The number of allylic oxidation sites excluding steroid dienone is 1. The van der Waals surface area contributed by atoms with Gasteiger partial charge in [0.15, 0.2) is 5.78 Å². The summed E-state index contributed by atoms with van der Waals surface area (Å²) in [5.41, 5.74) is 1.63. The molecule has 0 aliphatic heterocycles. The third kappa shape index (κ3) is 13.9. The van der Waals surface area contributed by atoms with Gasteiger partial charge >= 0.3 is 5.97 Å². The molecule has 0 amide bonds. The van der Waals surface area contributed by atoms with Gasteiger partial charge in [-0.05, 0) is 78.7 Å². The number of esters is 1. The summed E-state index contributed by atoms with van der Waals surface area (Å²) in [6.07, 6.45) is 21.7. The molecule has 0 radical (unpaired) electrons. The second-order valence-corrected chi connectivity index (χ2v) is 11.1. The SMILES string of the molecule is CCCCCCCCCCCCCCCCOc1ccc(C(=O)Oc2ccc(/C=C/C(=O)c3ccc(F)cc3)cc2)cc1. The lowest BCUT2D eigenvalue weighted by molar-refractivity contribution is 0.0734. The highest BCUT2D eigenvalue weighted by molar-refractivity contribution is 6.06. The minimum atomic E-state index is -0.451. The Kier molecular flexibility index (Phi) is 15.9. The van der Waals surface area contributed by atoms with E-state index in [0.717, 1.165) is 17.7 Å². The minimum Gasteiger partial charge on any atom is -0.494 e. The van der Waals surface area contributed by atoms with E-state index in [1.165, 1.54) is 114 Å². The van der Waals surface area contributed by atoms with Crippen LogP contribution in [0.3, 0.4) is 0 Å². The lowest BCUT2D eigenvalue weighted by Crippen LogP contribution is -2.08. The van der Waals surface area contributed by atoms with Crippen LogP contribution in [0.25, 0.3) is 6.08 Å². The molecule has 4 nitrogen and oxygen atoms in total. The Morgan fingerprint density at radius 2 is 1.09 bits per heavy atom. The van der Waals surface area contributed by atoms with Crippen LogP contribution in [0.4, 0.5) is 4.39 Å². The van der Waals surface area contributed by atoms with Crippen LogP contribution in [0.2, 0.25) is 0 Å². The highest BCUT2D eigenvalue weighted by atomic mass is 19.1. The van der Waals surface area contributed by atoms with Crippen molar-refractivity contribution in [1.29, 1.82) is 0 Å². The van der Waals surface area contributed by atoms with Crippen LogP contribution in [0.15, 0.2) is 78.9 Å². The molecule has 0 saturated heterocycles. The Balaban J connectivity index is 1.25. The van der Waals surface area contributed by atoms with Gasteiger partial charge in [0.1, 0.15) is 17.3 Å². The van der Waals surface area contributed by atoms with Crippen molar-refractivity contribution in [2.75, 3.05) is 6.61 Å². The normalized spacial score (nSPS) is 11.1. The molecule has 0 heterocycles. The van der Waals surface area contributed by atoms with Crippen molar-refractivity contribution in [1.82, 2.24) is 0 Å². The number of carbonyl (C=O) groups excluding carboxylic acids is 2. The van der Waals surface area contributed by atoms with Gasteiger partial charge in [-0.1, -0.05) is 109 Å². The van der Waals surface area contributed by atoms with E-state index in [1.54, 1.807) is 54.6 Å². The number of halogens is 1. The summed E-state index contributed by atoms with van der Waals surface area (Å²) in [7, 11) is 0. The quantitative estimate of drug-likeness (QED) is 0.0410. The Morgan fingerprint density at radius 3 is 1.65 bits per heavy atom. The molecule has 0 spiro atoms. The summed E-state index contributed by atoms with van der Waals surface area (Å²) >= 11 is 0. The Hall–Kier alpha value is -3.73. The minimum absolute atomic E-state index is 0.220. The molecule has 0 fully saturated rings. The molecule has 0 aliphatic carbocycles. The van der Waals surface area contributed by atoms with Gasteiger partial charge in [-0.3, -0.25) is 4.79 Å². The number of unbranched alkanes of at least 4 members (excludes halogenated alkanes) is 13. The number of ether oxygens (including phenoxy) is 2. The third-order valence-electron chi connectivity index (χ3n) is 7.50. The largest absolute Gasteiger partial charge is 0.494 e. The van der Waals surface area contributed by atoms with E-state index in [1.807, 2.05) is 0 Å². The molecule has 3 aromatic rings. The van der Waals surface area contributed by atoms with Crippen molar-refractivity contribution in [2.24, 2.45) is 0 Å². The summed E-state index contributed by atoms with van der Waals surface area (Å²) < 4.78 is 24.4. The molecule has 3 rings (SSSR count). The van der Waals surface area contributed by atoms with Crippen molar-refractivity contribution < 1.29 is 23.5 Å². The van der Waals surface area contributed by atoms with Crippen LogP contribution in [-0.4, -0.2) is 18.4 Å². The number of benzene rings is 3. The fraction of sp³-hybridized carbons (Fsp3) is 0.421. The number of carbonyl (C=O) groups is 2. The van der Waals surface area contributed by atoms with E-state index >= 15 is 0 Å². The zero-order valence-corrected chi connectivity index (χ0v) is 25.7. The smallest absolute Gasteiger partial charge is 0.343 e. The van der Waals surface area contributed by atoms with E-state index in [2.05, 4.69) is 6.92 Å². The maximum atomic E-state index is 13.0. The molecule has 0 bridgehead atoms. The fourth-order valence-corrected chi connectivity index (χ4v) is 4.87. The summed E-state index contributed by atoms with van der Waals surface area (Å²) in [5.74, 6) is 0.101. The summed E-state index contributed by atoms with van der Waals surface area (Å²) in [5, 5.41) is 0. The van der Waals surface area contributed by atoms with Crippen LogP contribution >= 0.6 is 0 Å². The van der Waals surface area contributed by atoms with E-state index in [0.29, 0.717) is 23.5 Å². The summed E-state index contributed by atoms with van der Waals surface area (Å²) in [6.45, 7) is 2.95. The van der Waals surface area contributed by atoms with Gasteiger partial charge in [0.2, 0.25) is 0 Å². The first kappa shape index (κ1) is 33.8. The first-order chi connectivity index (χ1) is 21.0. The maximum absolute atomic E-state index is 13.0. The zero-order chi connectivity index (χ0) is 30.5. The fourth-order valence-electron chi connectivity index (χ4n) is 4.87. The number of hydrogen-bond donors (Lipinski definition) is 0. The average Bonchev–Trinajstić information content (AvgIpc) is 3.03. The van der Waals surface area contributed by atoms with E-state index in [4.69, 9.17) is 9.47 Å². The number of hydrogen-bond acceptors (Lipinski definition) is 4.